The van der Waals surface area contributed by atoms with E-state index in [9.17, 15) is 4.79 Å². The number of aromatic amines is 1. The Balaban J connectivity index is 1.89. The zero-order valence-electron chi connectivity index (χ0n) is 13.1. The molecular formula is C16H27N3O2. The Morgan fingerprint density at radius 3 is 2.81 bits per heavy atom. The third-order valence-corrected chi connectivity index (χ3v) is 4.39. The van der Waals surface area contributed by atoms with Crippen LogP contribution in [0.4, 0.5) is 0 Å². The molecule has 1 aliphatic rings. The van der Waals surface area contributed by atoms with Crippen LogP contribution < -0.4 is 5.32 Å². The molecule has 5 heteroatoms. The van der Waals surface area contributed by atoms with Gasteiger partial charge in [-0.1, -0.05) is 33.1 Å². The van der Waals surface area contributed by atoms with E-state index in [2.05, 4.69) is 15.5 Å². The molecule has 1 fully saturated rings. The molecule has 0 aliphatic heterocycles. The molecule has 5 nitrogen and oxygen atoms in total. The number of aromatic nitrogens is 2. The largest absolute Gasteiger partial charge is 0.396 e. The lowest BCUT2D eigenvalue weighted by molar-refractivity contribution is 0.0923. The van der Waals surface area contributed by atoms with E-state index in [1.54, 1.807) is 0 Å². The molecule has 0 radical (unpaired) electrons. The number of rotatable bonds is 6. The second kappa shape index (κ2) is 7.07. The van der Waals surface area contributed by atoms with Crippen LogP contribution in [-0.2, 0) is 0 Å². The predicted molar refractivity (Wildman–Crippen MR) is 82.2 cm³/mol. The molecule has 3 N–H and O–H groups in total. The summed E-state index contributed by atoms with van der Waals surface area (Å²) >= 11 is 0. The van der Waals surface area contributed by atoms with Crippen molar-refractivity contribution in [1.29, 1.82) is 0 Å². The van der Waals surface area contributed by atoms with Crippen LogP contribution in [-0.4, -0.2) is 34.4 Å². The van der Waals surface area contributed by atoms with Gasteiger partial charge in [0.2, 0.25) is 0 Å². The summed E-state index contributed by atoms with van der Waals surface area (Å²) in [5, 5.41) is 19.1. The summed E-state index contributed by atoms with van der Waals surface area (Å²) in [4.78, 5) is 12.1. The molecule has 1 aromatic rings. The van der Waals surface area contributed by atoms with E-state index in [1.165, 1.54) is 32.1 Å². The topological polar surface area (TPSA) is 78.0 Å². The van der Waals surface area contributed by atoms with E-state index in [1.807, 2.05) is 19.9 Å². The smallest absolute Gasteiger partial charge is 0.271 e. The van der Waals surface area contributed by atoms with E-state index >= 15 is 0 Å². The summed E-state index contributed by atoms with van der Waals surface area (Å²) in [7, 11) is 0. The number of aliphatic hydroxyl groups is 1. The number of hydrogen-bond donors (Lipinski definition) is 3. The molecule has 118 valence electrons. The maximum absolute atomic E-state index is 12.1. The Kier molecular flexibility index (Phi) is 5.39. The summed E-state index contributed by atoms with van der Waals surface area (Å²) in [5.41, 5.74) is 1.46. The lowest BCUT2D eigenvalue weighted by Crippen LogP contribution is -2.34. The Bertz CT molecular complexity index is 462. The van der Waals surface area contributed by atoms with Gasteiger partial charge in [0.05, 0.1) is 0 Å². The van der Waals surface area contributed by atoms with Crippen LogP contribution in [0.5, 0.6) is 0 Å². The first-order chi connectivity index (χ1) is 10.0. The number of carbonyl (C=O) groups excluding carboxylic acids is 1. The monoisotopic (exact) mass is 293 g/mol. The molecule has 1 aliphatic carbocycles. The van der Waals surface area contributed by atoms with Gasteiger partial charge in [0.25, 0.3) is 5.91 Å². The first-order valence-corrected chi connectivity index (χ1v) is 7.96. The van der Waals surface area contributed by atoms with Crippen molar-refractivity contribution in [2.75, 3.05) is 13.2 Å². The molecule has 1 aromatic heterocycles. The molecule has 0 spiro atoms. The van der Waals surface area contributed by atoms with Gasteiger partial charge < -0.3 is 10.4 Å². The van der Waals surface area contributed by atoms with Gasteiger partial charge in [0.15, 0.2) is 0 Å². The molecule has 0 unspecified atom stereocenters. The summed E-state index contributed by atoms with van der Waals surface area (Å²) in [6.07, 6.45) is 6.89. The van der Waals surface area contributed by atoms with Crippen molar-refractivity contribution in [3.05, 3.63) is 17.5 Å². The minimum absolute atomic E-state index is 0.104. The third kappa shape index (κ3) is 4.56. The SMILES string of the molecule is CC(C)(CCO)CNC(=O)c1cc(C2CCCCC2)[nH]n1. The number of amides is 1. The Morgan fingerprint density at radius 1 is 1.43 bits per heavy atom. The van der Waals surface area contributed by atoms with Gasteiger partial charge in [-0.05, 0) is 30.7 Å². The van der Waals surface area contributed by atoms with Gasteiger partial charge in [-0.15, -0.1) is 0 Å². The van der Waals surface area contributed by atoms with Crippen molar-refractivity contribution in [2.45, 2.75) is 58.3 Å². The van der Waals surface area contributed by atoms with E-state index in [0.717, 1.165) is 5.69 Å². The maximum atomic E-state index is 12.1. The van der Waals surface area contributed by atoms with Crippen molar-refractivity contribution in [2.24, 2.45) is 5.41 Å². The molecular weight excluding hydrogens is 266 g/mol. The Labute approximate surface area is 126 Å². The van der Waals surface area contributed by atoms with Crippen molar-refractivity contribution >= 4 is 5.91 Å². The first-order valence-electron chi connectivity index (χ1n) is 7.96. The van der Waals surface area contributed by atoms with E-state index in [4.69, 9.17) is 5.11 Å². The fourth-order valence-corrected chi connectivity index (χ4v) is 2.88. The van der Waals surface area contributed by atoms with Gasteiger partial charge in [-0.2, -0.15) is 5.10 Å². The zero-order valence-corrected chi connectivity index (χ0v) is 13.1. The highest BCUT2D eigenvalue weighted by Gasteiger charge is 2.22. The summed E-state index contributed by atoms with van der Waals surface area (Å²) in [5.74, 6) is 0.387. The van der Waals surface area contributed by atoms with Gasteiger partial charge in [0.1, 0.15) is 5.69 Å². The van der Waals surface area contributed by atoms with Crippen LogP contribution in [0, 0.1) is 5.41 Å². The number of nitrogens with one attached hydrogen (secondary N) is 2. The fraction of sp³-hybridized carbons (Fsp3) is 0.750. The maximum Gasteiger partial charge on any atom is 0.271 e. The molecule has 1 heterocycles. The molecule has 0 saturated heterocycles. The molecule has 0 atom stereocenters. The Morgan fingerprint density at radius 2 is 2.14 bits per heavy atom. The zero-order chi connectivity index (χ0) is 15.3. The number of carbonyl (C=O) groups is 1. The molecule has 1 amide bonds. The van der Waals surface area contributed by atoms with Crippen molar-refractivity contribution < 1.29 is 9.90 Å². The van der Waals surface area contributed by atoms with E-state index < -0.39 is 0 Å². The van der Waals surface area contributed by atoms with Crippen LogP contribution in [0.25, 0.3) is 0 Å². The molecule has 0 bridgehead atoms. The third-order valence-electron chi connectivity index (χ3n) is 4.39. The van der Waals surface area contributed by atoms with Crippen LogP contribution >= 0.6 is 0 Å². The van der Waals surface area contributed by atoms with Crippen LogP contribution in [0.1, 0.15) is 74.5 Å². The van der Waals surface area contributed by atoms with Crippen LogP contribution in [0.15, 0.2) is 6.07 Å². The molecule has 21 heavy (non-hydrogen) atoms. The second-order valence-corrected chi connectivity index (χ2v) is 6.86. The predicted octanol–water partition coefficient (Wildman–Crippen LogP) is 2.60. The van der Waals surface area contributed by atoms with E-state index in [-0.39, 0.29) is 17.9 Å². The Hall–Kier alpha value is -1.36. The summed E-state index contributed by atoms with van der Waals surface area (Å²) < 4.78 is 0. The minimum atomic E-state index is -0.140. The summed E-state index contributed by atoms with van der Waals surface area (Å²) in [6.45, 7) is 4.73. The summed E-state index contributed by atoms with van der Waals surface area (Å²) in [6, 6.07) is 1.89. The number of H-pyrrole nitrogens is 1. The second-order valence-electron chi connectivity index (χ2n) is 6.86. The number of hydrogen-bond acceptors (Lipinski definition) is 3. The standard InChI is InChI=1S/C16H27N3O2/c1-16(2,8-9-20)11-17-15(21)14-10-13(18-19-14)12-6-4-3-5-7-12/h10,12,20H,3-9,11H2,1-2H3,(H,17,21)(H,18,19). The molecule has 1 saturated carbocycles. The van der Waals surface area contributed by atoms with Crippen molar-refractivity contribution in [3.63, 3.8) is 0 Å². The average Bonchev–Trinajstić information content (AvgIpc) is 2.96. The number of nitrogens with zero attached hydrogens (tertiary/aromatic N) is 1. The van der Waals surface area contributed by atoms with Gasteiger partial charge in [-0.25, -0.2) is 0 Å². The van der Waals surface area contributed by atoms with Gasteiger partial charge in [0, 0.05) is 24.8 Å². The highest BCUT2D eigenvalue weighted by molar-refractivity contribution is 5.92. The fourth-order valence-electron chi connectivity index (χ4n) is 2.88. The van der Waals surface area contributed by atoms with Crippen molar-refractivity contribution in [3.8, 4) is 0 Å². The first kappa shape index (κ1) is 16.0. The quantitative estimate of drug-likeness (QED) is 0.754. The highest BCUT2D eigenvalue weighted by atomic mass is 16.3. The van der Waals surface area contributed by atoms with E-state index in [0.29, 0.717) is 24.6 Å². The number of aliphatic hydroxyl groups excluding tert-OH is 1. The van der Waals surface area contributed by atoms with Gasteiger partial charge >= 0.3 is 0 Å². The highest BCUT2D eigenvalue weighted by Crippen LogP contribution is 2.31. The van der Waals surface area contributed by atoms with Gasteiger partial charge in [-0.3, -0.25) is 9.89 Å². The van der Waals surface area contributed by atoms with Crippen LogP contribution in [0.3, 0.4) is 0 Å². The lowest BCUT2D eigenvalue weighted by Gasteiger charge is -2.23. The molecule has 0 aromatic carbocycles. The lowest BCUT2D eigenvalue weighted by atomic mass is 9.87. The average molecular weight is 293 g/mol. The van der Waals surface area contributed by atoms with Crippen LogP contribution in [0.2, 0.25) is 0 Å². The van der Waals surface area contributed by atoms with Crippen molar-refractivity contribution in [1.82, 2.24) is 15.5 Å². The molecule has 2 rings (SSSR count). The normalized spacial score (nSPS) is 16.9. The minimum Gasteiger partial charge on any atom is -0.396 e.